The van der Waals surface area contributed by atoms with Gasteiger partial charge in [-0.3, -0.25) is 0 Å². The van der Waals surface area contributed by atoms with Gasteiger partial charge < -0.3 is 19.9 Å². The number of aromatic nitrogens is 2. The molecule has 6 nitrogen and oxygen atoms in total. The number of aryl methyl sites for hydroxylation is 1. The fourth-order valence-corrected chi connectivity index (χ4v) is 4.26. The monoisotopic (exact) mass is 419 g/mol. The van der Waals surface area contributed by atoms with Crippen LogP contribution in [0.15, 0.2) is 36.4 Å². The zero-order chi connectivity index (χ0) is 22.0. The van der Waals surface area contributed by atoms with E-state index < -0.39 is 0 Å². The van der Waals surface area contributed by atoms with Crippen molar-refractivity contribution in [1.82, 2.24) is 15.1 Å². The van der Waals surface area contributed by atoms with Gasteiger partial charge in [0.2, 0.25) is 0 Å². The number of fused-ring (bicyclic) bond motifs is 1. The number of morpholine rings is 1. The molecule has 0 aliphatic carbocycles. The van der Waals surface area contributed by atoms with Gasteiger partial charge in [0.05, 0.1) is 24.9 Å². The molecule has 4 rings (SSSR count). The predicted molar refractivity (Wildman–Crippen MR) is 128 cm³/mol. The molecule has 0 unspecified atom stereocenters. The molecule has 2 heterocycles. The molecule has 164 valence electrons. The normalized spacial score (nSPS) is 15.5. The number of anilines is 2. The summed E-state index contributed by atoms with van der Waals surface area (Å²) in [6.45, 7) is 10.7. The van der Waals surface area contributed by atoms with E-state index in [9.17, 15) is 0 Å². The smallest absolute Gasteiger partial charge is 0.157 e. The van der Waals surface area contributed by atoms with E-state index in [2.05, 4.69) is 96.6 Å². The van der Waals surface area contributed by atoms with Crippen LogP contribution in [0.25, 0.3) is 10.8 Å². The summed E-state index contributed by atoms with van der Waals surface area (Å²) >= 11 is 0. The fourth-order valence-electron chi connectivity index (χ4n) is 4.26. The van der Waals surface area contributed by atoms with E-state index in [4.69, 9.17) is 4.74 Å². The average molecular weight is 420 g/mol. The van der Waals surface area contributed by atoms with E-state index in [0.29, 0.717) is 0 Å². The van der Waals surface area contributed by atoms with Crippen molar-refractivity contribution in [2.24, 2.45) is 0 Å². The minimum atomic E-state index is 0.129. The predicted octanol–water partition coefficient (Wildman–Crippen LogP) is 4.32. The molecule has 0 radical (unpaired) electrons. The zero-order valence-electron chi connectivity index (χ0n) is 19.3. The van der Waals surface area contributed by atoms with Crippen LogP contribution >= 0.6 is 0 Å². The third-order valence-electron chi connectivity index (χ3n) is 6.15. The summed E-state index contributed by atoms with van der Waals surface area (Å²) < 4.78 is 5.54. The van der Waals surface area contributed by atoms with Crippen molar-refractivity contribution >= 4 is 22.3 Å². The summed E-state index contributed by atoms with van der Waals surface area (Å²) in [7, 11) is 4.12. The van der Waals surface area contributed by atoms with Crippen LogP contribution in [-0.2, 0) is 11.3 Å². The second-order valence-electron chi connectivity index (χ2n) is 8.72. The Kier molecular flexibility index (Phi) is 6.39. The Bertz CT molecular complexity index is 1060. The minimum Gasteiger partial charge on any atom is -0.378 e. The molecular weight excluding hydrogens is 386 g/mol. The highest BCUT2D eigenvalue weighted by Gasteiger charge is 2.17. The first-order valence-electron chi connectivity index (χ1n) is 11.0. The van der Waals surface area contributed by atoms with Gasteiger partial charge in [0.15, 0.2) is 5.82 Å². The summed E-state index contributed by atoms with van der Waals surface area (Å²) in [5, 5.41) is 15.1. The van der Waals surface area contributed by atoms with Gasteiger partial charge in [0.25, 0.3) is 0 Å². The minimum absolute atomic E-state index is 0.129. The average Bonchev–Trinajstić information content (AvgIpc) is 2.77. The topological polar surface area (TPSA) is 53.5 Å². The van der Waals surface area contributed by atoms with Crippen molar-refractivity contribution in [2.75, 3.05) is 50.6 Å². The Hall–Kier alpha value is -2.70. The van der Waals surface area contributed by atoms with Gasteiger partial charge in [0.1, 0.15) is 0 Å². The van der Waals surface area contributed by atoms with Crippen molar-refractivity contribution in [3.8, 4) is 0 Å². The zero-order valence-corrected chi connectivity index (χ0v) is 19.3. The number of rotatable bonds is 6. The first kappa shape index (κ1) is 21.5. The van der Waals surface area contributed by atoms with E-state index in [0.717, 1.165) is 55.1 Å². The summed E-state index contributed by atoms with van der Waals surface area (Å²) in [5.74, 6) is 0.834. The largest absolute Gasteiger partial charge is 0.378 e. The molecule has 1 atom stereocenters. The van der Waals surface area contributed by atoms with E-state index >= 15 is 0 Å². The number of nitrogens with one attached hydrogen (secondary N) is 1. The van der Waals surface area contributed by atoms with Crippen LogP contribution in [0.3, 0.4) is 0 Å². The first-order valence-corrected chi connectivity index (χ1v) is 11.0. The van der Waals surface area contributed by atoms with Gasteiger partial charge in [-0.1, -0.05) is 24.3 Å². The van der Waals surface area contributed by atoms with E-state index in [-0.39, 0.29) is 6.04 Å². The van der Waals surface area contributed by atoms with Crippen LogP contribution in [0, 0.1) is 13.8 Å². The Balaban J connectivity index is 1.74. The van der Waals surface area contributed by atoms with Crippen LogP contribution in [0.5, 0.6) is 0 Å². The maximum atomic E-state index is 5.54. The van der Waals surface area contributed by atoms with Gasteiger partial charge in [-0.2, -0.15) is 5.10 Å². The highest BCUT2D eigenvalue weighted by molar-refractivity contribution is 5.95. The van der Waals surface area contributed by atoms with Crippen molar-refractivity contribution in [3.05, 3.63) is 58.8 Å². The Morgan fingerprint density at radius 2 is 1.84 bits per heavy atom. The molecule has 1 aromatic heterocycles. The Morgan fingerprint density at radius 1 is 1.06 bits per heavy atom. The number of hydrogen-bond acceptors (Lipinski definition) is 6. The molecule has 31 heavy (non-hydrogen) atoms. The molecule has 1 saturated heterocycles. The SMILES string of the molecule is Cc1cccc([C@@H](C)Nc2nnc(CN(C)C)c3ccc(N4CCOCC4)cc23)c1C. The standard InChI is InChI=1S/C25H33N5O/c1-17-7-6-8-21(18(17)2)19(3)26-25-23-15-20(30-11-13-31-14-12-30)9-10-22(23)24(27-28-25)16-29(4)5/h6-10,15,19H,11-14,16H2,1-5H3,(H,26,28)/t19-/m1/s1. The highest BCUT2D eigenvalue weighted by Crippen LogP contribution is 2.31. The molecule has 3 aromatic rings. The summed E-state index contributed by atoms with van der Waals surface area (Å²) in [5.41, 5.74) is 6.12. The fraction of sp³-hybridized carbons (Fsp3) is 0.440. The number of ether oxygens (including phenoxy) is 1. The van der Waals surface area contributed by atoms with Crippen molar-refractivity contribution in [3.63, 3.8) is 0 Å². The van der Waals surface area contributed by atoms with Crippen LogP contribution in [0.1, 0.15) is 35.3 Å². The number of benzene rings is 2. The molecule has 1 aliphatic heterocycles. The summed E-state index contributed by atoms with van der Waals surface area (Å²) in [6, 6.07) is 13.3. The van der Waals surface area contributed by atoms with Crippen LogP contribution in [-0.4, -0.2) is 55.5 Å². The van der Waals surface area contributed by atoms with Crippen LogP contribution < -0.4 is 10.2 Å². The Morgan fingerprint density at radius 3 is 2.58 bits per heavy atom. The lowest BCUT2D eigenvalue weighted by Crippen LogP contribution is -2.36. The lowest BCUT2D eigenvalue weighted by molar-refractivity contribution is 0.122. The maximum Gasteiger partial charge on any atom is 0.157 e. The van der Waals surface area contributed by atoms with E-state index in [1.54, 1.807) is 0 Å². The second-order valence-corrected chi connectivity index (χ2v) is 8.72. The first-order chi connectivity index (χ1) is 14.9. The van der Waals surface area contributed by atoms with E-state index in [1.807, 2.05) is 0 Å². The quantitative estimate of drug-likeness (QED) is 0.642. The van der Waals surface area contributed by atoms with Gasteiger partial charge in [-0.25, -0.2) is 0 Å². The number of nitrogens with zero attached hydrogens (tertiary/aromatic N) is 4. The molecule has 1 N–H and O–H groups in total. The lowest BCUT2D eigenvalue weighted by Gasteiger charge is -2.29. The third-order valence-corrected chi connectivity index (χ3v) is 6.15. The lowest BCUT2D eigenvalue weighted by atomic mass is 9.98. The van der Waals surface area contributed by atoms with Crippen LogP contribution in [0.2, 0.25) is 0 Å². The summed E-state index contributed by atoms with van der Waals surface area (Å²) in [4.78, 5) is 4.51. The van der Waals surface area contributed by atoms with Crippen molar-refractivity contribution < 1.29 is 4.74 Å². The van der Waals surface area contributed by atoms with Crippen molar-refractivity contribution in [2.45, 2.75) is 33.4 Å². The van der Waals surface area contributed by atoms with Gasteiger partial charge in [-0.05, 0) is 63.7 Å². The van der Waals surface area contributed by atoms with Gasteiger partial charge >= 0.3 is 0 Å². The summed E-state index contributed by atoms with van der Waals surface area (Å²) in [6.07, 6.45) is 0. The third kappa shape index (κ3) is 4.65. The number of hydrogen-bond donors (Lipinski definition) is 1. The van der Waals surface area contributed by atoms with Gasteiger partial charge in [0, 0.05) is 36.1 Å². The molecule has 0 bridgehead atoms. The maximum absolute atomic E-state index is 5.54. The van der Waals surface area contributed by atoms with Gasteiger partial charge in [-0.15, -0.1) is 5.10 Å². The molecule has 2 aromatic carbocycles. The molecule has 6 heteroatoms. The van der Waals surface area contributed by atoms with Crippen molar-refractivity contribution in [1.29, 1.82) is 0 Å². The van der Waals surface area contributed by atoms with E-state index in [1.165, 1.54) is 22.4 Å². The molecule has 0 saturated carbocycles. The second kappa shape index (κ2) is 9.20. The Labute approximate surface area is 185 Å². The molecule has 0 spiro atoms. The molecule has 1 fully saturated rings. The molecule has 1 aliphatic rings. The highest BCUT2D eigenvalue weighted by atomic mass is 16.5. The molecular formula is C25H33N5O. The van der Waals surface area contributed by atoms with Crippen LogP contribution in [0.4, 0.5) is 11.5 Å². The molecule has 0 amide bonds.